The maximum Gasteiger partial charge on any atom is 0.197 e. The average Bonchev–Trinajstić information content (AvgIpc) is 2.36. The minimum atomic E-state index is -0.747. The number of halogens is 3. The van der Waals surface area contributed by atoms with E-state index in [-0.39, 0.29) is 16.1 Å². The van der Waals surface area contributed by atoms with Crippen LogP contribution in [0.1, 0.15) is 15.9 Å². The van der Waals surface area contributed by atoms with Crippen molar-refractivity contribution >= 4 is 33.3 Å². The molecular formula is C11H5BrClFN2O. The fourth-order valence-electron chi connectivity index (χ4n) is 1.28. The molecule has 1 aromatic carbocycles. The number of ketones is 1. The van der Waals surface area contributed by atoms with E-state index in [1.54, 1.807) is 0 Å². The Kier molecular flexibility index (Phi) is 3.49. The number of benzene rings is 1. The van der Waals surface area contributed by atoms with Crippen molar-refractivity contribution < 1.29 is 9.18 Å². The van der Waals surface area contributed by atoms with Gasteiger partial charge in [0.2, 0.25) is 0 Å². The van der Waals surface area contributed by atoms with E-state index in [4.69, 9.17) is 11.6 Å². The summed E-state index contributed by atoms with van der Waals surface area (Å²) in [5.41, 5.74) is 0.170. The van der Waals surface area contributed by atoms with Gasteiger partial charge >= 0.3 is 0 Å². The molecule has 17 heavy (non-hydrogen) atoms. The molecule has 0 fully saturated rings. The molecule has 0 N–H and O–H groups in total. The minimum Gasteiger partial charge on any atom is -0.288 e. The zero-order valence-corrected chi connectivity index (χ0v) is 10.7. The van der Waals surface area contributed by atoms with Gasteiger partial charge in [-0.2, -0.15) is 10.2 Å². The lowest BCUT2D eigenvalue weighted by Gasteiger charge is -2.04. The standard InChI is InChI=1S/C11H5BrClFN2O/c12-8-2-1-7(10(14)9(8)13)11(17)6-3-4-15-16-5-6/h1-5H. The van der Waals surface area contributed by atoms with Gasteiger partial charge in [-0.1, -0.05) is 11.6 Å². The van der Waals surface area contributed by atoms with Crippen LogP contribution in [0.2, 0.25) is 5.02 Å². The van der Waals surface area contributed by atoms with Crippen molar-refractivity contribution in [3.8, 4) is 0 Å². The number of aromatic nitrogens is 2. The zero-order valence-electron chi connectivity index (χ0n) is 8.32. The summed E-state index contributed by atoms with van der Waals surface area (Å²) < 4.78 is 14.2. The summed E-state index contributed by atoms with van der Waals surface area (Å²) in [5, 5.41) is 7.00. The molecule has 86 valence electrons. The Labute approximate surface area is 110 Å². The molecule has 2 rings (SSSR count). The molecule has 0 saturated carbocycles. The lowest BCUT2D eigenvalue weighted by Crippen LogP contribution is -2.05. The Bertz CT molecular complexity index is 577. The molecule has 1 aromatic heterocycles. The molecule has 0 bridgehead atoms. The first-order valence-corrected chi connectivity index (χ1v) is 5.73. The predicted octanol–water partition coefficient (Wildman–Crippen LogP) is 3.26. The second-order valence-electron chi connectivity index (χ2n) is 3.18. The quantitative estimate of drug-likeness (QED) is 0.631. The Balaban J connectivity index is 2.49. The van der Waals surface area contributed by atoms with Crippen molar-refractivity contribution in [2.75, 3.05) is 0 Å². The molecule has 0 radical (unpaired) electrons. The number of carbonyl (C=O) groups is 1. The fraction of sp³-hybridized carbons (Fsp3) is 0. The van der Waals surface area contributed by atoms with Crippen LogP contribution in [0.5, 0.6) is 0 Å². The molecule has 0 spiro atoms. The van der Waals surface area contributed by atoms with Gasteiger partial charge in [0, 0.05) is 10.0 Å². The van der Waals surface area contributed by atoms with Crippen molar-refractivity contribution in [1.29, 1.82) is 0 Å². The molecule has 0 aliphatic heterocycles. The molecule has 0 amide bonds. The highest BCUT2D eigenvalue weighted by molar-refractivity contribution is 9.10. The van der Waals surface area contributed by atoms with E-state index >= 15 is 0 Å². The highest BCUT2D eigenvalue weighted by atomic mass is 79.9. The average molecular weight is 316 g/mol. The van der Waals surface area contributed by atoms with Crippen LogP contribution in [0.4, 0.5) is 4.39 Å². The van der Waals surface area contributed by atoms with E-state index in [1.165, 1.54) is 30.6 Å². The number of rotatable bonds is 2. The van der Waals surface area contributed by atoms with Crippen molar-refractivity contribution in [2.45, 2.75) is 0 Å². The zero-order chi connectivity index (χ0) is 12.4. The van der Waals surface area contributed by atoms with Gasteiger partial charge in [-0.25, -0.2) is 4.39 Å². The first-order valence-electron chi connectivity index (χ1n) is 4.56. The molecule has 0 unspecified atom stereocenters. The van der Waals surface area contributed by atoms with E-state index in [0.29, 0.717) is 4.47 Å². The third-order valence-corrected chi connectivity index (χ3v) is 3.38. The summed E-state index contributed by atoms with van der Waals surface area (Å²) in [6.07, 6.45) is 2.64. The molecule has 1 heterocycles. The largest absolute Gasteiger partial charge is 0.288 e. The maximum atomic E-state index is 13.8. The SMILES string of the molecule is O=C(c1ccnnc1)c1ccc(Br)c(Cl)c1F. The first-order chi connectivity index (χ1) is 8.11. The molecule has 2 aromatic rings. The van der Waals surface area contributed by atoms with E-state index in [1.807, 2.05) is 0 Å². The summed E-state index contributed by atoms with van der Waals surface area (Å²) in [7, 11) is 0. The number of carbonyl (C=O) groups excluding carboxylic acids is 1. The summed E-state index contributed by atoms with van der Waals surface area (Å²) in [6.45, 7) is 0. The molecule has 0 atom stereocenters. The van der Waals surface area contributed by atoms with Gasteiger partial charge in [0.1, 0.15) is 0 Å². The lowest BCUT2D eigenvalue weighted by atomic mass is 10.1. The Morgan fingerprint density at radius 1 is 1.29 bits per heavy atom. The van der Waals surface area contributed by atoms with E-state index in [9.17, 15) is 9.18 Å². The summed E-state index contributed by atoms with van der Waals surface area (Å²) in [6, 6.07) is 4.35. The van der Waals surface area contributed by atoms with Gasteiger partial charge in [-0.05, 0) is 34.1 Å². The van der Waals surface area contributed by atoms with Crippen LogP contribution in [0.25, 0.3) is 0 Å². The maximum absolute atomic E-state index is 13.8. The Morgan fingerprint density at radius 2 is 2.06 bits per heavy atom. The molecule has 0 saturated heterocycles. The van der Waals surface area contributed by atoms with Crippen LogP contribution in [-0.4, -0.2) is 16.0 Å². The second-order valence-corrected chi connectivity index (χ2v) is 4.42. The minimum absolute atomic E-state index is 0.0915. The van der Waals surface area contributed by atoms with Crippen LogP contribution in [0, 0.1) is 5.82 Å². The van der Waals surface area contributed by atoms with Gasteiger partial charge in [-0.3, -0.25) is 4.79 Å². The van der Waals surface area contributed by atoms with Crippen LogP contribution in [0.15, 0.2) is 35.1 Å². The Morgan fingerprint density at radius 3 is 2.71 bits per heavy atom. The van der Waals surface area contributed by atoms with Gasteiger partial charge in [0.25, 0.3) is 0 Å². The normalized spacial score (nSPS) is 10.3. The number of hydrogen-bond acceptors (Lipinski definition) is 3. The molecule has 6 heteroatoms. The van der Waals surface area contributed by atoms with E-state index in [2.05, 4.69) is 26.1 Å². The van der Waals surface area contributed by atoms with Crippen molar-refractivity contribution in [3.05, 3.63) is 57.0 Å². The first kappa shape index (κ1) is 12.1. The molecule has 0 aliphatic carbocycles. The van der Waals surface area contributed by atoms with Gasteiger partial charge < -0.3 is 0 Å². The number of hydrogen-bond donors (Lipinski definition) is 0. The van der Waals surface area contributed by atoms with E-state index < -0.39 is 11.6 Å². The number of nitrogens with zero attached hydrogens (tertiary/aromatic N) is 2. The van der Waals surface area contributed by atoms with Crippen LogP contribution in [0.3, 0.4) is 0 Å². The van der Waals surface area contributed by atoms with Gasteiger partial charge in [-0.15, -0.1) is 0 Å². The summed E-state index contributed by atoms with van der Waals surface area (Å²) in [5.74, 6) is -1.23. The fourth-order valence-corrected chi connectivity index (χ4v) is 1.75. The predicted molar refractivity (Wildman–Crippen MR) is 64.6 cm³/mol. The third kappa shape index (κ3) is 2.35. The topological polar surface area (TPSA) is 42.9 Å². The molecule has 0 aliphatic rings. The monoisotopic (exact) mass is 314 g/mol. The van der Waals surface area contributed by atoms with Gasteiger partial charge in [0.05, 0.1) is 23.0 Å². The molecular weight excluding hydrogens is 310 g/mol. The van der Waals surface area contributed by atoms with Crippen molar-refractivity contribution in [3.63, 3.8) is 0 Å². The third-order valence-electron chi connectivity index (χ3n) is 2.13. The lowest BCUT2D eigenvalue weighted by molar-refractivity contribution is 0.103. The smallest absolute Gasteiger partial charge is 0.197 e. The molecule has 3 nitrogen and oxygen atoms in total. The van der Waals surface area contributed by atoms with Crippen molar-refractivity contribution in [2.24, 2.45) is 0 Å². The summed E-state index contributed by atoms with van der Waals surface area (Å²) in [4.78, 5) is 11.9. The summed E-state index contributed by atoms with van der Waals surface area (Å²) >= 11 is 8.79. The second kappa shape index (κ2) is 4.89. The highest BCUT2D eigenvalue weighted by Gasteiger charge is 2.17. The Hall–Kier alpha value is -1.33. The van der Waals surface area contributed by atoms with Crippen molar-refractivity contribution in [1.82, 2.24) is 10.2 Å². The van der Waals surface area contributed by atoms with E-state index in [0.717, 1.165) is 0 Å². The van der Waals surface area contributed by atoms with Crippen LogP contribution in [-0.2, 0) is 0 Å². The highest BCUT2D eigenvalue weighted by Crippen LogP contribution is 2.28. The van der Waals surface area contributed by atoms with Crippen LogP contribution < -0.4 is 0 Å². The van der Waals surface area contributed by atoms with Crippen LogP contribution >= 0.6 is 27.5 Å². The van der Waals surface area contributed by atoms with Gasteiger partial charge in [0.15, 0.2) is 11.6 Å².